The highest BCUT2D eigenvalue weighted by Gasteiger charge is 2.28. The van der Waals surface area contributed by atoms with Gasteiger partial charge in [-0.25, -0.2) is 4.99 Å². The van der Waals surface area contributed by atoms with Gasteiger partial charge in [-0.15, -0.1) is 24.0 Å². The fraction of sp³-hybridized carbons (Fsp3) is 0.882. The first-order valence-electron chi connectivity index (χ1n) is 8.86. The Morgan fingerprint density at radius 1 is 1.29 bits per heavy atom. The van der Waals surface area contributed by atoms with E-state index in [-0.39, 0.29) is 36.4 Å². The van der Waals surface area contributed by atoms with Crippen molar-refractivity contribution in [2.45, 2.75) is 40.2 Å². The summed E-state index contributed by atoms with van der Waals surface area (Å²) >= 11 is 0. The van der Waals surface area contributed by atoms with Crippen molar-refractivity contribution in [2.24, 2.45) is 10.9 Å². The Labute approximate surface area is 165 Å². The van der Waals surface area contributed by atoms with E-state index in [1.165, 1.54) is 0 Å². The summed E-state index contributed by atoms with van der Waals surface area (Å²) in [6, 6.07) is 0.584. The standard InChI is InChI=1S/C17H35N5O.HI/c1-7-21(8-2)15-9-10-22(13-15)17(18-11-14(3)4)19-12-16(23)20(5)6;/h14-15H,7-13H2,1-6H3,(H,18,19);1H. The predicted octanol–water partition coefficient (Wildman–Crippen LogP) is 1.71. The molecule has 0 bridgehead atoms. The minimum Gasteiger partial charge on any atom is -0.356 e. The molecule has 0 aromatic heterocycles. The lowest BCUT2D eigenvalue weighted by Crippen LogP contribution is -2.44. The Hall–Kier alpha value is -0.570. The van der Waals surface area contributed by atoms with Gasteiger partial charge < -0.3 is 15.1 Å². The van der Waals surface area contributed by atoms with Crippen molar-refractivity contribution >= 4 is 35.8 Å². The highest BCUT2D eigenvalue weighted by atomic mass is 127. The van der Waals surface area contributed by atoms with Gasteiger partial charge in [0.15, 0.2) is 5.96 Å². The molecule has 1 fully saturated rings. The number of aliphatic imine (C=N–C) groups is 1. The van der Waals surface area contributed by atoms with Crippen LogP contribution in [0.25, 0.3) is 0 Å². The fourth-order valence-corrected chi connectivity index (χ4v) is 2.82. The molecule has 142 valence electrons. The van der Waals surface area contributed by atoms with Crippen LogP contribution in [0.15, 0.2) is 4.99 Å². The molecule has 1 rings (SSSR count). The maximum atomic E-state index is 11.8. The lowest BCUT2D eigenvalue weighted by Gasteiger charge is -2.27. The number of rotatable bonds is 7. The first-order chi connectivity index (χ1) is 10.9. The Morgan fingerprint density at radius 3 is 2.42 bits per heavy atom. The number of hydrogen-bond donors (Lipinski definition) is 1. The molecule has 1 saturated heterocycles. The maximum Gasteiger partial charge on any atom is 0.243 e. The summed E-state index contributed by atoms with van der Waals surface area (Å²) in [6.07, 6.45) is 1.16. The summed E-state index contributed by atoms with van der Waals surface area (Å²) in [5.74, 6) is 1.46. The van der Waals surface area contributed by atoms with Crippen LogP contribution in [0.1, 0.15) is 34.1 Å². The molecule has 0 spiro atoms. The lowest BCUT2D eigenvalue weighted by atomic mass is 10.2. The molecule has 0 saturated carbocycles. The van der Waals surface area contributed by atoms with Gasteiger partial charge in [0.25, 0.3) is 0 Å². The van der Waals surface area contributed by atoms with E-state index in [4.69, 9.17) is 0 Å². The molecule has 0 aliphatic carbocycles. The number of guanidine groups is 1. The molecule has 1 atom stereocenters. The number of hydrogen-bond acceptors (Lipinski definition) is 3. The third kappa shape index (κ3) is 7.55. The molecule has 1 aliphatic rings. The summed E-state index contributed by atoms with van der Waals surface area (Å²) in [6.45, 7) is 14.0. The molecular weight excluding hydrogens is 417 g/mol. The van der Waals surface area contributed by atoms with Gasteiger partial charge in [0, 0.05) is 39.8 Å². The molecule has 6 nitrogen and oxygen atoms in total. The average molecular weight is 453 g/mol. The van der Waals surface area contributed by atoms with Gasteiger partial charge in [0.1, 0.15) is 6.54 Å². The molecule has 1 heterocycles. The lowest BCUT2D eigenvalue weighted by molar-refractivity contribution is -0.127. The zero-order valence-corrected chi connectivity index (χ0v) is 18.5. The van der Waals surface area contributed by atoms with Gasteiger partial charge in [0.2, 0.25) is 5.91 Å². The zero-order chi connectivity index (χ0) is 17.4. The van der Waals surface area contributed by atoms with Gasteiger partial charge in [-0.3, -0.25) is 9.69 Å². The Morgan fingerprint density at radius 2 is 1.92 bits per heavy atom. The smallest absolute Gasteiger partial charge is 0.243 e. The van der Waals surface area contributed by atoms with E-state index in [0.29, 0.717) is 12.0 Å². The summed E-state index contributed by atoms with van der Waals surface area (Å²) < 4.78 is 0. The van der Waals surface area contributed by atoms with Crippen LogP contribution in [0, 0.1) is 5.92 Å². The quantitative estimate of drug-likeness (QED) is 0.362. The van der Waals surface area contributed by atoms with Crippen molar-refractivity contribution in [1.82, 2.24) is 20.0 Å². The summed E-state index contributed by atoms with van der Waals surface area (Å²) in [5, 5.41) is 3.44. The van der Waals surface area contributed by atoms with Crippen LogP contribution in [0.4, 0.5) is 0 Å². The highest BCUT2D eigenvalue weighted by Crippen LogP contribution is 2.15. The van der Waals surface area contributed by atoms with Gasteiger partial charge in [-0.1, -0.05) is 27.7 Å². The number of nitrogens with zero attached hydrogens (tertiary/aromatic N) is 4. The average Bonchev–Trinajstić information content (AvgIpc) is 2.97. The molecule has 1 aliphatic heterocycles. The van der Waals surface area contributed by atoms with Crippen molar-refractivity contribution in [2.75, 3.05) is 53.4 Å². The number of likely N-dealkylation sites (tertiary alicyclic amines) is 1. The van der Waals surface area contributed by atoms with E-state index in [0.717, 1.165) is 45.1 Å². The largest absolute Gasteiger partial charge is 0.356 e. The third-order valence-corrected chi connectivity index (χ3v) is 4.32. The van der Waals surface area contributed by atoms with Crippen molar-refractivity contribution in [3.05, 3.63) is 0 Å². The monoisotopic (exact) mass is 453 g/mol. The summed E-state index contributed by atoms with van der Waals surface area (Å²) in [4.78, 5) is 22.8. The van der Waals surface area contributed by atoms with E-state index in [1.54, 1.807) is 19.0 Å². The minimum atomic E-state index is 0. The number of carbonyl (C=O) groups excluding carboxylic acids is 1. The Kier molecular flexibility index (Phi) is 11.6. The second-order valence-corrected chi connectivity index (χ2v) is 6.81. The molecular formula is C17H36IN5O. The molecule has 1 N–H and O–H groups in total. The van der Waals surface area contributed by atoms with Crippen molar-refractivity contribution in [3.8, 4) is 0 Å². The highest BCUT2D eigenvalue weighted by molar-refractivity contribution is 14.0. The molecule has 24 heavy (non-hydrogen) atoms. The van der Waals surface area contributed by atoms with Gasteiger partial charge >= 0.3 is 0 Å². The Bertz CT molecular complexity index is 396. The number of carbonyl (C=O) groups is 1. The van der Waals surface area contributed by atoms with Crippen molar-refractivity contribution in [1.29, 1.82) is 0 Å². The predicted molar refractivity (Wildman–Crippen MR) is 112 cm³/mol. The van der Waals surface area contributed by atoms with Crippen LogP contribution in [0.3, 0.4) is 0 Å². The first-order valence-corrected chi connectivity index (χ1v) is 8.86. The normalized spacial score (nSPS) is 18.1. The zero-order valence-electron chi connectivity index (χ0n) is 16.2. The van der Waals surface area contributed by atoms with Gasteiger partial charge in [-0.2, -0.15) is 0 Å². The summed E-state index contributed by atoms with van der Waals surface area (Å²) in [5.41, 5.74) is 0. The molecule has 1 amide bonds. The van der Waals surface area contributed by atoms with E-state index in [9.17, 15) is 4.79 Å². The molecule has 7 heteroatoms. The topological polar surface area (TPSA) is 51.2 Å². The SMILES string of the molecule is CCN(CC)C1CCN(C(=NCC(=O)N(C)C)NCC(C)C)C1.I. The third-order valence-electron chi connectivity index (χ3n) is 4.32. The second kappa shape index (κ2) is 11.9. The van der Waals surface area contributed by atoms with Crippen LogP contribution in [-0.2, 0) is 4.79 Å². The van der Waals surface area contributed by atoms with Crippen molar-refractivity contribution < 1.29 is 4.79 Å². The first kappa shape index (κ1) is 23.4. The molecule has 0 aromatic carbocycles. The summed E-state index contributed by atoms with van der Waals surface area (Å²) in [7, 11) is 3.54. The van der Waals surface area contributed by atoms with E-state index in [1.807, 2.05) is 0 Å². The molecule has 1 unspecified atom stereocenters. The van der Waals surface area contributed by atoms with Crippen LogP contribution >= 0.6 is 24.0 Å². The molecule has 0 aromatic rings. The van der Waals surface area contributed by atoms with Gasteiger partial charge in [-0.05, 0) is 25.4 Å². The van der Waals surface area contributed by atoms with Crippen LogP contribution in [-0.4, -0.2) is 86.0 Å². The van der Waals surface area contributed by atoms with E-state index in [2.05, 4.69) is 47.8 Å². The van der Waals surface area contributed by atoms with Crippen LogP contribution in [0.5, 0.6) is 0 Å². The fourth-order valence-electron chi connectivity index (χ4n) is 2.82. The number of amides is 1. The van der Waals surface area contributed by atoms with E-state index < -0.39 is 0 Å². The van der Waals surface area contributed by atoms with E-state index >= 15 is 0 Å². The van der Waals surface area contributed by atoms with Crippen LogP contribution in [0.2, 0.25) is 0 Å². The number of nitrogens with one attached hydrogen (secondary N) is 1. The molecule has 0 radical (unpaired) electrons. The maximum absolute atomic E-state index is 11.8. The van der Waals surface area contributed by atoms with Crippen molar-refractivity contribution in [3.63, 3.8) is 0 Å². The number of likely N-dealkylation sites (N-methyl/N-ethyl adjacent to an activating group) is 2. The number of halogens is 1. The van der Waals surface area contributed by atoms with Crippen LogP contribution < -0.4 is 5.32 Å². The Balaban J connectivity index is 0.00000529. The minimum absolute atomic E-state index is 0. The van der Waals surface area contributed by atoms with Gasteiger partial charge in [0.05, 0.1) is 0 Å². The second-order valence-electron chi connectivity index (χ2n) is 6.81.